The van der Waals surface area contributed by atoms with Gasteiger partial charge in [0, 0.05) is 25.7 Å². The second kappa shape index (κ2) is 4.63. The molecule has 1 aliphatic rings. The zero-order chi connectivity index (χ0) is 12.4. The monoisotopic (exact) mass is 235 g/mol. The fourth-order valence-corrected chi connectivity index (χ4v) is 2.09. The summed E-state index contributed by atoms with van der Waals surface area (Å²) in [5.74, 6) is -0.148. The number of carbonyl (C=O) groups is 1. The number of nitrogens with zero attached hydrogens (tertiary/aromatic N) is 1. The summed E-state index contributed by atoms with van der Waals surface area (Å²) in [4.78, 5) is 13.5. The first-order chi connectivity index (χ1) is 8.11. The predicted molar refractivity (Wildman–Crippen MR) is 67.1 cm³/mol. The van der Waals surface area contributed by atoms with E-state index in [1.54, 1.807) is 19.2 Å². The SMILES string of the molecule is CNC(=O)c1ccc(N2CCC(O)C2)c(N)c1. The molecule has 1 aliphatic heterocycles. The molecule has 1 aromatic carbocycles. The molecule has 0 aromatic heterocycles. The number of β-amino-alcohol motifs (C(OH)–C–C–N with tert-alkyl or cyclic N) is 1. The fourth-order valence-electron chi connectivity index (χ4n) is 2.09. The zero-order valence-electron chi connectivity index (χ0n) is 9.81. The molecule has 1 unspecified atom stereocenters. The Bertz CT molecular complexity index is 434. The Labute approximate surface area is 100 Å². The molecular weight excluding hydrogens is 218 g/mol. The van der Waals surface area contributed by atoms with Crippen LogP contribution >= 0.6 is 0 Å². The van der Waals surface area contributed by atoms with E-state index < -0.39 is 0 Å². The second-order valence-electron chi connectivity index (χ2n) is 4.24. The van der Waals surface area contributed by atoms with Gasteiger partial charge in [0.25, 0.3) is 5.91 Å². The number of anilines is 2. The van der Waals surface area contributed by atoms with Gasteiger partial charge in [-0.1, -0.05) is 0 Å². The van der Waals surface area contributed by atoms with Gasteiger partial charge in [-0.3, -0.25) is 4.79 Å². The smallest absolute Gasteiger partial charge is 0.251 e. The molecule has 1 fully saturated rings. The van der Waals surface area contributed by atoms with Crippen LogP contribution in [0.15, 0.2) is 18.2 Å². The number of aliphatic hydroxyl groups is 1. The number of hydrogen-bond acceptors (Lipinski definition) is 4. The van der Waals surface area contributed by atoms with Gasteiger partial charge in [0.05, 0.1) is 17.5 Å². The van der Waals surface area contributed by atoms with Gasteiger partial charge in [-0.25, -0.2) is 0 Å². The van der Waals surface area contributed by atoms with E-state index in [0.29, 0.717) is 17.8 Å². The van der Waals surface area contributed by atoms with E-state index >= 15 is 0 Å². The zero-order valence-corrected chi connectivity index (χ0v) is 9.81. The average molecular weight is 235 g/mol. The Hall–Kier alpha value is -1.75. The van der Waals surface area contributed by atoms with E-state index in [1.165, 1.54) is 0 Å². The van der Waals surface area contributed by atoms with Crippen LogP contribution in [0, 0.1) is 0 Å². The molecule has 0 bridgehead atoms. The van der Waals surface area contributed by atoms with Crippen molar-refractivity contribution in [2.75, 3.05) is 30.8 Å². The summed E-state index contributed by atoms with van der Waals surface area (Å²) >= 11 is 0. The Morgan fingerprint density at radius 1 is 1.59 bits per heavy atom. The molecule has 2 rings (SSSR count). The summed E-state index contributed by atoms with van der Waals surface area (Å²) in [7, 11) is 1.59. The van der Waals surface area contributed by atoms with E-state index in [2.05, 4.69) is 5.32 Å². The molecule has 1 heterocycles. The standard InChI is InChI=1S/C12H17N3O2/c1-14-12(17)8-2-3-11(10(13)6-8)15-5-4-9(16)7-15/h2-3,6,9,16H,4-5,7,13H2,1H3,(H,14,17). The van der Waals surface area contributed by atoms with Crippen molar-refractivity contribution in [3.8, 4) is 0 Å². The molecule has 1 atom stereocenters. The Morgan fingerprint density at radius 2 is 2.35 bits per heavy atom. The van der Waals surface area contributed by atoms with Crippen molar-refractivity contribution in [2.45, 2.75) is 12.5 Å². The van der Waals surface area contributed by atoms with E-state index in [0.717, 1.165) is 18.7 Å². The van der Waals surface area contributed by atoms with Gasteiger partial charge in [0.2, 0.25) is 0 Å². The van der Waals surface area contributed by atoms with Crippen molar-refractivity contribution in [1.82, 2.24) is 5.32 Å². The van der Waals surface area contributed by atoms with Crippen LogP contribution in [0.2, 0.25) is 0 Å². The third-order valence-electron chi connectivity index (χ3n) is 3.02. The first-order valence-corrected chi connectivity index (χ1v) is 5.66. The first kappa shape index (κ1) is 11.7. The molecule has 0 saturated carbocycles. The molecule has 1 saturated heterocycles. The fraction of sp³-hybridized carbons (Fsp3) is 0.417. The van der Waals surface area contributed by atoms with Crippen LogP contribution in [0.5, 0.6) is 0 Å². The minimum absolute atomic E-state index is 0.148. The number of nitrogens with two attached hydrogens (primary N) is 1. The number of hydrogen-bond donors (Lipinski definition) is 3. The Balaban J connectivity index is 2.23. The summed E-state index contributed by atoms with van der Waals surface area (Å²) < 4.78 is 0. The molecule has 0 spiro atoms. The predicted octanol–water partition coefficient (Wildman–Crippen LogP) is 0.199. The number of rotatable bonds is 2. The van der Waals surface area contributed by atoms with Crippen LogP contribution in [0.4, 0.5) is 11.4 Å². The molecule has 0 aliphatic carbocycles. The molecule has 5 heteroatoms. The Kier molecular flexibility index (Phi) is 3.19. The van der Waals surface area contributed by atoms with Crippen molar-refractivity contribution in [2.24, 2.45) is 0 Å². The highest BCUT2D eigenvalue weighted by Gasteiger charge is 2.22. The minimum Gasteiger partial charge on any atom is -0.397 e. The molecular formula is C12H17N3O2. The van der Waals surface area contributed by atoms with Crippen molar-refractivity contribution in [1.29, 1.82) is 0 Å². The maximum Gasteiger partial charge on any atom is 0.251 e. The number of aliphatic hydroxyl groups excluding tert-OH is 1. The third kappa shape index (κ3) is 2.34. The molecule has 5 nitrogen and oxygen atoms in total. The molecule has 1 amide bonds. The van der Waals surface area contributed by atoms with Crippen molar-refractivity contribution < 1.29 is 9.90 Å². The molecule has 17 heavy (non-hydrogen) atoms. The van der Waals surface area contributed by atoms with E-state index in [1.807, 2.05) is 11.0 Å². The largest absolute Gasteiger partial charge is 0.397 e. The normalized spacial score (nSPS) is 19.4. The summed E-state index contributed by atoms with van der Waals surface area (Å²) in [6, 6.07) is 5.24. The van der Waals surface area contributed by atoms with Gasteiger partial charge >= 0.3 is 0 Å². The van der Waals surface area contributed by atoms with Crippen molar-refractivity contribution in [3.63, 3.8) is 0 Å². The third-order valence-corrected chi connectivity index (χ3v) is 3.02. The maximum atomic E-state index is 11.4. The summed E-state index contributed by atoms with van der Waals surface area (Å²) in [6.45, 7) is 1.40. The average Bonchev–Trinajstić information content (AvgIpc) is 2.74. The van der Waals surface area contributed by atoms with Crippen LogP contribution in [0.1, 0.15) is 16.8 Å². The number of benzene rings is 1. The molecule has 1 aromatic rings. The van der Waals surface area contributed by atoms with E-state index in [4.69, 9.17) is 5.73 Å². The van der Waals surface area contributed by atoms with Crippen LogP contribution in [-0.4, -0.2) is 37.3 Å². The lowest BCUT2D eigenvalue weighted by atomic mass is 10.1. The number of nitrogen functional groups attached to an aromatic ring is 1. The highest BCUT2D eigenvalue weighted by molar-refractivity contribution is 5.96. The molecule has 92 valence electrons. The highest BCUT2D eigenvalue weighted by Crippen LogP contribution is 2.27. The van der Waals surface area contributed by atoms with Gasteiger partial charge in [0.1, 0.15) is 0 Å². The lowest BCUT2D eigenvalue weighted by Crippen LogP contribution is -2.23. The summed E-state index contributed by atoms with van der Waals surface area (Å²) in [6.07, 6.45) is 0.476. The number of amides is 1. The van der Waals surface area contributed by atoms with Gasteiger partial charge in [-0.2, -0.15) is 0 Å². The van der Waals surface area contributed by atoms with E-state index in [9.17, 15) is 9.90 Å². The number of carbonyl (C=O) groups excluding carboxylic acids is 1. The quantitative estimate of drug-likeness (QED) is 0.640. The summed E-state index contributed by atoms with van der Waals surface area (Å²) in [5.41, 5.74) is 7.94. The van der Waals surface area contributed by atoms with Gasteiger partial charge in [0.15, 0.2) is 0 Å². The lowest BCUT2D eigenvalue weighted by molar-refractivity contribution is 0.0963. The minimum atomic E-state index is -0.284. The van der Waals surface area contributed by atoms with Crippen molar-refractivity contribution >= 4 is 17.3 Å². The maximum absolute atomic E-state index is 11.4. The molecule has 4 N–H and O–H groups in total. The highest BCUT2D eigenvalue weighted by atomic mass is 16.3. The summed E-state index contributed by atoms with van der Waals surface area (Å²) in [5, 5.41) is 12.0. The first-order valence-electron chi connectivity index (χ1n) is 5.66. The topological polar surface area (TPSA) is 78.6 Å². The lowest BCUT2D eigenvalue weighted by Gasteiger charge is -2.20. The van der Waals surface area contributed by atoms with Crippen LogP contribution in [0.3, 0.4) is 0 Å². The Morgan fingerprint density at radius 3 is 2.88 bits per heavy atom. The van der Waals surface area contributed by atoms with Crippen LogP contribution < -0.4 is 16.0 Å². The van der Waals surface area contributed by atoms with Crippen molar-refractivity contribution in [3.05, 3.63) is 23.8 Å². The van der Waals surface area contributed by atoms with Crippen LogP contribution in [0.25, 0.3) is 0 Å². The number of nitrogens with one attached hydrogen (secondary N) is 1. The van der Waals surface area contributed by atoms with Gasteiger partial charge in [-0.05, 0) is 24.6 Å². The molecule has 0 radical (unpaired) electrons. The van der Waals surface area contributed by atoms with Gasteiger partial charge in [-0.15, -0.1) is 0 Å². The van der Waals surface area contributed by atoms with Crippen LogP contribution in [-0.2, 0) is 0 Å². The van der Waals surface area contributed by atoms with E-state index in [-0.39, 0.29) is 12.0 Å². The van der Waals surface area contributed by atoms with Gasteiger partial charge < -0.3 is 21.1 Å². The second-order valence-corrected chi connectivity index (χ2v) is 4.24.